The van der Waals surface area contributed by atoms with Crippen molar-refractivity contribution < 1.29 is 4.39 Å². The van der Waals surface area contributed by atoms with Crippen molar-refractivity contribution in [3.05, 3.63) is 65.5 Å². The van der Waals surface area contributed by atoms with Gasteiger partial charge in [0, 0.05) is 12.2 Å². The lowest BCUT2D eigenvalue weighted by molar-refractivity contribution is 0.628. The molecule has 0 aromatic heterocycles. The predicted molar refractivity (Wildman–Crippen MR) is 74.3 cm³/mol. The van der Waals surface area contributed by atoms with Crippen molar-refractivity contribution in [1.82, 2.24) is 0 Å². The summed E-state index contributed by atoms with van der Waals surface area (Å²) in [5.41, 5.74) is 3.51. The summed E-state index contributed by atoms with van der Waals surface area (Å²) in [4.78, 5) is 0. The van der Waals surface area contributed by atoms with Crippen LogP contribution in [-0.2, 0) is 6.54 Å². The van der Waals surface area contributed by atoms with Gasteiger partial charge >= 0.3 is 0 Å². The van der Waals surface area contributed by atoms with Gasteiger partial charge in [0.15, 0.2) is 0 Å². The molecule has 1 nitrogen and oxygen atoms in total. The van der Waals surface area contributed by atoms with Gasteiger partial charge in [-0.3, -0.25) is 0 Å². The van der Waals surface area contributed by atoms with Gasteiger partial charge in [0.1, 0.15) is 5.82 Å². The van der Waals surface area contributed by atoms with Crippen LogP contribution in [0.1, 0.15) is 30.9 Å². The Kier molecular flexibility index (Phi) is 3.98. The van der Waals surface area contributed by atoms with Crippen LogP contribution in [0, 0.1) is 5.82 Å². The third-order valence-corrected chi connectivity index (χ3v) is 2.99. The summed E-state index contributed by atoms with van der Waals surface area (Å²) in [6, 6.07) is 15.0. The molecule has 0 bridgehead atoms. The molecule has 2 aromatic rings. The van der Waals surface area contributed by atoms with Crippen molar-refractivity contribution >= 4 is 5.69 Å². The first-order valence-corrected chi connectivity index (χ1v) is 6.23. The van der Waals surface area contributed by atoms with E-state index in [-0.39, 0.29) is 5.82 Å². The molecule has 2 rings (SSSR count). The van der Waals surface area contributed by atoms with E-state index in [0.717, 1.165) is 12.2 Å². The summed E-state index contributed by atoms with van der Waals surface area (Å²) in [6.07, 6.45) is 0. The number of anilines is 1. The highest BCUT2D eigenvalue weighted by Crippen LogP contribution is 2.16. The van der Waals surface area contributed by atoms with Gasteiger partial charge in [-0.05, 0) is 41.3 Å². The maximum absolute atomic E-state index is 12.7. The van der Waals surface area contributed by atoms with Crippen LogP contribution in [0.2, 0.25) is 0 Å². The van der Waals surface area contributed by atoms with Crippen molar-refractivity contribution in [2.24, 2.45) is 0 Å². The van der Waals surface area contributed by atoms with Gasteiger partial charge in [0.05, 0.1) is 0 Å². The molecule has 0 aliphatic carbocycles. The molecule has 0 aliphatic rings. The summed E-state index contributed by atoms with van der Waals surface area (Å²) < 4.78 is 12.7. The number of benzene rings is 2. The topological polar surface area (TPSA) is 12.0 Å². The van der Waals surface area contributed by atoms with E-state index in [4.69, 9.17) is 0 Å². The third kappa shape index (κ3) is 3.33. The highest BCUT2D eigenvalue weighted by molar-refractivity contribution is 5.43. The molecule has 18 heavy (non-hydrogen) atoms. The van der Waals surface area contributed by atoms with Gasteiger partial charge < -0.3 is 5.32 Å². The minimum absolute atomic E-state index is 0.207. The van der Waals surface area contributed by atoms with Gasteiger partial charge in [-0.1, -0.05) is 38.1 Å². The average molecular weight is 243 g/mol. The Labute approximate surface area is 108 Å². The fourth-order valence-electron chi connectivity index (χ4n) is 1.79. The smallest absolute Gasteiger partial charge is 0.123 e. The largest absolute Gasteiger partial charge is 0.381 e. The molecule has 0 radical (unpaired) electrons. The zero-order chi connectivity index (χ0) is 13.0. The number of rotatable bonds is 4. The number of hydrogen-bond donors (Lipinski definition) is 1. The monoisotopic (exact) mass is 243 g/mol. The quantitative estimate of drug-likeness (QED) is 0.830. The Morgan fingerprint density at radius 1 is 0.944 bits per heavy atom. The van der Waals surface area contributed by atoms with Crippen LogP contribution in [0.15, 0.2) is 48.5 Å². The molecular weight excluding hydrogens is 225 g/mol. The SMILES string of the molecule is CC(C)c1ccc(CNc2ccc(F)cc2)cc1. The van der Waals surface area contributed by atoms with Gasteiger partial charge in [-0.2, -0.15) is 0 Å². The Balaban J connectivity index is 1.95. The second-order valence-corrected chi connectivity index (χ2v) is 4.76. The van der Waals surface area contributed by atoms with E-state index in [1.165, 1.54) is 23.3 Å². The lowest BCUT2D eigenvalue weighted by Gasteiger charge is -2.09. The van der Waals surface area contributed by atoms with E-state index in [0.29, 0.717) is 5.92 Å². The summed E-state index contributed by atoms with van der Waals surface area (Å²) in [5.74, 6) is 0.353. The second kappa shape index (κ2) is 5.67. The van der Waals surface area contributed by atoms with Crippen molar-refractivity contribution in [2.75, 3.05) is 5.32 Å². The van der Waals surface area contributed by atoms with E-state index in [9.17, 15) is 4.39 Å². The number of hydrogen-bond acceptors (Lipinski definition) is 1. The fourth-order valence-corrected chi connectivity index (χ4v) is 1.79. The third-order valence-electron chi connectivity index (χ3n) is 2.99. The van der Waals surface area contributed by atoms with Crippen molar-refractivity contribution in [3.8, 4) is 0 Å². The Hall–Kier alpha value is -1.83. The Bertz CT molecular complexity index is 486. The van der Waals surface area contributed by atoms with E-state index in [2.05, 4.69) is 43.4 Å². The minimum atomic E-state index is -0.207. The van der Waals surface area contributed by atoms with E-state index in [1.54, 1.807) is 12.1 Å². The van der Waals surface area contributed by atoms with Crippen LogP contribution in [0.4, 0.5) is 10.1 Å². The molecule has 1 N–H and O–H groups in total. The Morgan fingerprint density at radius 2 is 1.56 bits per heavy atom. The van der Waals surface area contributed by atoms with Crippen molar-refractivity contribution in [1.29, 1.82) is 0 Å². The van der Waals surface area contributed by atoms with E-state index in [1.807, 2.05) is 0 Å². The second-order valence-electron chi connectivity index (χ2n) is 4.76. The molecule has 2 aromatic carbocycles. The van der Waals surface area contributed by atoms with Gasteiger partial charge in [-0.25, -0.2) is 4.39 Å². The van der Waals surface area contributed by atoms with E-state index < -0.39 is 0 Å². The first kappa shape index (κ1) is 12.6. The maximum Gasteiger partial charge on any atom is 0.123 e. The summed E-state index contributed by atoms with van der Waals surface area (Å²) >= 11 is 0. The predicted octanol–water partition coefficient (Wildman–Crippen LogP) is 4.56. The van der Waals surface area contributed by atoms with Crippen molar-refractivity contribution in [2.45, 2.75) is 26.3 Å². The van der Waals surface area contributed by atoms with Crippen LogP contribution in [0.5, 0.6) is 0 Å². The van der Waals surface area contributed by atoms with E-state index >= 15 is 0 Å². The molecule has 0 amide bonds. The number of halogens is 1. The molecule has 0 fully saturated rings. The van der Waals surface area contributed by atoms with Gasteiger partial charge in [0.25, 0.3) is 0 Å². The zero-order valence-corrected chi connectivity index (χ0v) is 10.8. The minimum Gasteiger partial charge on any atom is -0.381 e. The van der Waals surface area contributed by atoms with Crippen LogP contribution in [0.25, 0.3) is 0 Å². The molecule has 0 heterocycles. The molecule has 0 saturated heterocycles. The lowest BCUT2D eigenvalue weighted by Crippen LogP contribution is -1.99. The first-order chi connectivity index (χ1) is 8.65. The molecule has 2 heteroatoms. The average Bonchev–Trinajstić information content (AvgIpc) is 2.38. The highest BCUT2D eigenvalue weighted by Gasteiger charge is 1.99. The fraction of sp³-hybridized carbons (Fsp3) is 0.250. The molecule has 94 valence electrons. The van der Waals surface area contributed by atoms with Crippen LogP contribution < -0.4 is 5.32 Å². The zero-order valence-electron chi connectivity index (χ0n) is 10.8. The molecular formula is C16H18FN. The summed E-state index contributed by atoms with van der Waals surface area (Å²) in [6.45, 7) is 5.13. The standard InChI is InChI=1S/C16H18FN/c1-12(2)14-5-3-13(4-6-14)11-18-16-9-7-15(17)8-10-16/h3-10,12,18H,11H2,1-2H3. The van der Waals surface area contributed by atoms with Crippen LogP contribution >= 0.6 is 0 Å². The normalized spacial score (nSPS) is 10.7. The highest BCUT2D eigenvalue weighted by atomic mass is 19.1. The van der Waals surface area contributed by atoms with Crippen LogP contribution in [0.3, 0.4) is 0 Å². The maximum atomic E-state index is 12.7. The molecule has 0 unspecified atom stereocenters. The Morgan fingerprint density at radius 3 is 2.11 bits per heavy atom. The summed E-state index contributed by atoms with van der Waals surface area (Å²) in [5, 5.41) is 3.27. The molecule has 0 saturated carbocycles. The van der Waals surface area contributed by atoms with Gasteiger partial charge in [-0.15, -0.1) is 0 Å². The lowest BCUT2D eigenvalue weighted by atomic mass is 10.0. The molecule has 0 atom stereocenters. The summed E-state index contributed by atoms with van der Waals surface area (Å²) in [7, 11) is 0. The number of nitrogens with one attached hydrogen (secondary N) is 1. The molecule has 0 spiro atoms. The molecule has 0 aliphatic heterocycles. The van der Waals surface area contributed by atoms with Crippen molar-refractivity contribution in [3.63, 3.8) is 0 Å². The first-order valence-electron chi connectivity index (χ1n) is 6.23. The van der Waals surface area contributed by atoms with Gasteiger partial charge in [0.2, 0.25) is 0 Å². The van der Waals surface area contributed by atoms with Crippen LogP contribution in [-0.4, -0.2) is 0 Å².